The van der Waals surface area contributed by atoms with E-state index in [-0.39, 0.29) is 4.90 Å². The molecule has 0 atom stereocenters. The molecule has 0 amide bonds. The fraction of sp³-hybridized carbons (Fsp3) is 0. The first-order chi connectivity index (χ1) is 10.4. The third kappa shape index (κ3) is 3.68. The molecular weight excluding hydrogens is 345 g/mol. The normalized spacial score (nSPS) is 11.5. The van der Waals surface area contributed by atoms with Gasteiger partial charge in [-0.3, -0.25) is 4.79 Å². The number of nitrogens with zero attached hydrogens (tertiary/aromatic N) is 1. The molecule has 2 rings (SSSR count). The van der Waals surface area contributed by atoms with Gasteiger partial charge in [-0.2, -0.15) is 12.2 Å². The van der Waals surface area contributed by atoms with Gasteiger partial charge >= 0.3 is 0 Å². The lowest BCUT2D eigenvalue weighted by atomic mass is 10.2. The number of hydrogen-bond acceptors (Lipinski definition) is 3. The molecule has 0 saturated heterocycles. The molecule has 0 fully saturated rings. The van der Waals surface area contributed by atoms with Crippen molar-refractivity contribution < 1.29 is 13.2 Å². The van der Waals surface area contributed by atoms with E-state index in [4.69, 9.17) is 23.4 Å². The van der Waals surface area contributed by atoms with Gasteiger partial charge in [-0.25, -0.2) is 0 Å². The Morgan fingerprint density at radius 3 is 2.23 bits per heavy atom. The monoisotopic (exact) mass is 355 g/mol. The van der Waals surface area contributed by atoms with Crippen molar-refractivity contribution in [2.75, 3.05) is 3.82 Å². The second kappa shape index (κ2) is 6.96. The predicted octanol–water partition coefficient (Wildman–Crippen LogP) is 3.81. The van der Waals surface area contributed by atoms with Gasteiger partial charge in [-0.15, -0.1) is 0 Å². The van der Waals surface area contributed by atoms with Gasteiger partial charge in [-0.1, -0.05) is 36.4 Å². The van der Waals surface area contributed by atoms with Crippen LogP contribution in [0.3, 0.4) is 0 Å². The molecule has 0 radical (unpaired) electrons. The first kappa shape index (κ1) is 16.5. The highest BCUT2D eigenvalue weighted by Gasteiger charge is 2.25. The summed E-state index contributed by atoms with van der Waals surface area (Å²) in [4.78, 5) is 10.8. The van der Waals surface area contributed by atoms with Crippen LogP contribution in [0.1, 0.15) is 5.56 Å². The number of allylic oxidation sites excluding steroid dienone is 1. The van der Waals surface area contributed by atoms with Crippen LogP contribution in [0.5, 0.6) is 0 Å². The number of halogens is 2. The van der Waals surface area contributed by atoms with E-state index in [1.165, 1.54) is 12.1 Å². The van der Waals surface area contributed by atoms with Crippen LogP contribution in [-0.4, -0.2) is 13.7 Å². The molecule has 2 aromatic carbocycles. The Labute approximate surface area is 138 Å². The molecule has 2 aromatic rings. The first-order valence-corrected chi connectivity index (χ1v) is 8.31. The van der Waals surface area contributed by atoms with Crippen molar-refractivity contribution in [1.82, 2.24) is 0 Å². The molecule has 0 aliphatic rings. The summed E-state index contributed by atoms with van der Waals surface area (Å²) in [6, 6.07) is 14.4. The lowest BCUT2D eigenvalue weighted by Gasteiger charge is -2.17. The highest BCUT2D eigenvalue weighted by atomic mass is 35.5. The molecule has 0 aliphatic carbocycles. The van der Waals surface area contributed by atoms with E-state index >= 15 is 0 Å². The molecule has 7 heteroatoms. The van der Waals surface area contributed by atoms with Crippen molar-refractivity contribution in [2.45, 2.75) is 4.90 Å². The van der Waals surface area contributed by atoms with Gasteiger partial charge in [0.05, 0.1) is 10.6 Å². The Morgan fingerprint density at radius 2 is 1.59 bits per heavy atom. The highest BCUT2D eigenvalue weighted by Crippen LogP contribution is 2.28. The van der Waals surface area contributed by atoms with Crippen molar-refractivity contribution in [3.05, 3.63) is 66.2 Å². The maximum atomic E-state index is 12.6. The van der Waals surface area contributed by atoms with Crippen LogP contribution in [0.4, 0.5) is 5.69 Å². The van der Waals surface area contributed by atoms with Gasteiger partial charge < -0.3 is 0 Å². The minimum absolute atomic E-state index is 0.0250. The second-order valence-electron chi connectivity index (χ2n) is 4.23. The maximum absolute atomic E-state index is 12.6. The SMILES string of the molecule is O=C(Cl)C=Cc1ccccc1S(=O)(=O)N(Cl)c1ccccc1. The average molecular weight is 356 g/mol. The molecule has 0 N–H and O–H groups in total. The first-order valence-electron chi connectivity index (χ1n) is 6.15. The summed E-state index contributed by atoms with van der Waals surface area (Å²) in [5, 5.41) is -0.696. The number of rotatable bonds is 5. The summed E-state index contributed by atoms with van der Waals surface area (Å²) in [6.07, 6.45) is 2.41. The number of sulfonamides is 1. The lowest BCUT2D eigenvalue weighted by Crippen LogP contribution is -2.22. The summed E-state index contributed by atoms with van der Waals surface area (Å²) < 4.78 is 25.9. The molecule has 0 saturated carbocycles. The van der Waals surface area contributed by atoms with Crippen molar-refractivity contribution in [3.63, 3.8) is 0 Å². The molecule has 22 heavy (non-hydrogen) atoms. The standard InChI is InChI=1S/C15H11Cl2NO3S/c16-15(19)11-10-12-6-4-5-9-14(12)22(20,21)18(17)13-7-2-1-3-8-13/h1-11H. The molecular formula is C15H11Cl2NO3S. The molecule has 0 bridgehead atoms. The Hall–Kier alpha value is -1.82. The number of para-hydroxylation sites is 1. The van der Waals surface area contributed by atoms with Crippen LogP contribution < -0.4 is 3.82 Å². The Balaban J connectivity index is 2.48. The third-order valence-electron chi connectivity index (χ3n) is 2.76. The molecule has 0 aromatic heterocycles. The average Bonchev–Trinajstić information content (AvgIpc) is 2.53. The second-order valence-corrected chi connectivity index (χ2v) is 6.90. The van der Waals surface area contributed by atoms with Crippen molar-refractivity contribution in [2.24, 2.45) is 0 Å². The number of carbonyl (C=O) groups excluding carboxylic acids is 1. The summed E-state index contributed by atoms with van der Waals surface area (Å²) in [7, 11) is -3.98. The molecule has 0 aliphatic heterocycles. The zero-order chi connectivity index (χ0) is 16.2. The van der Waals surface area contributed by atoms with E-state index in [0.717, 1.165) is 6.08 Å². The van der Waals surface area contributed by atoms with E-state index in [1.54, 1.807) is 48.5 Å². The Bertz CT molecular complexity index is 805. The van der Waals surface area contributed by atoms with Crippen molar-refractivity contribution in [3.8, 4) is 0 Å². The molecule has 0 unspecified atom stereocenters. The fourth-order valence-electron chi connectivity index (χ4n) is 1.78. The number of hydrogen-bond donors (Lipinski definition) is 0. The van der Waals surface area contributed by atoms with Gasteiger partial charge in [0.25, 0.3) is 10.0 Å². The summed E-state index contributed by atoms with van der Waals surface area (Å²) in [6.45, 7) is 0. The van der Waals surface area contributed by atoms with E-state index in [2.05, 4.69) is 0 Å². The van der Waals surface area contributed by atoms with Gasteiger partial charge in [0.1, 0.15) is 0 Å². The third-order valence-corrected chi connectivity index (χ3v) is 5.19. The largest absolute Gasteiger partial charge is 0.278 e. The summed E-state index contributed by atoms with van der Waals surface area (Å²) >= 11 is 11.2. The Morgan fingerprint density at radius 1 is 1.00 bits per heavy atom. The topological polar surface area (TPSA) is 54.5 Å². The number of carbonyl (C=O) groups is 1. The minimum atomic E-state index is -3.98. The summed E-state index contributed by atoms with van der Waals surface area (Å²) in [5.74, 6) is 0. The van der Waals surface area contributed by atoms with E-state index in [1.807, 2.05) is 0 Å². The van der Waals surface area contributed by atoms with Gasteiger partial charge in [0, 0.05) is 11.8 Å². The zero-order valence-corrected chi connectivity index (χ0v) is 13.5. The highest BCUT2D eigenvalue weighted by molar-refractivity contribution is 7.94. The number of anilines is 1. The van der Waals surface area contributed by atoms with Gasteiger partial charge in [-0.05, 0) is 47.5 Å². The fourth-order valence-corrected chi connectivity index (χ4v) is 3.43. The number of benzene rings is 2. The minimum Gasteiger partial charge on any atom is -0.276 e. The van der Waals surface area contributed by atoms with Crippen LogP contribution in [0.25, 0.3) is 6.08 Å². The van der Waals surface area contributed by atoms with Crippen LogP contribution in [-0.2, 0) is 14.8 Å². The van der Waals surface area contributed by atoms with Crippen molar-refractivity contribution >= 4 is 50.4 Å². The van der Waals surface area contributed by atoms with Crippen molar-refractivity contribution in [1.29, 1.82) is 0 Å². The quantitative estimate of drug-likeness (QED) is 0.465. The lowest BCUT2D eigenvalue weighted by molar-refractivity contribution is -0.107. The van der Waals surface area contributed by atoms with Gasteiger partial charge in [0.2, 0.25) is 5.24 Å². The maximum Gasteiger partial charge on any atom is 0.278 e. The van der Waals surface area contributed by atoms with Crippen LogP contribution in [0, 0.1) is 0 Å². The Kier molecular flexibility index (Phi) is 5.24. The van der Waals surface area contributed by atoms with Crippen LogP contribution in [0.2, 0.25) is 0 Å². The molecule has 0 spiro atoms. The summed E-state index contributed by atoms with van der Waals surface area (Å²) in [5.41, 5.74) is 0.634. The molecule has 4 nitrogen and oxygen atoms in total. The van der Waals surface area contributed by atoms with E-state index in [0.29, 0.717) is 15.1 Å². The van der Waals surface area contributed by atoms with Crippen LogP contribution >= 0.6 is 23.4 Å². The van der Waals surface area contributed by atoms with Gasteiger partial charge in [0.15, 0.2) is 0 Å². The van der Waals surface area contributed by atoms with Crippen LogP contribution in [0.15, 0.2) is 65.6 Å². The zero-order valence-electron chi connectivity index (χ0n) is 11.2. The molecule has 114 valence electrons. The van der Waals surface area contributed by atoms with E-state index in [9.17, 15) is 13.2 Å². The predicted molar refractivity (Wildman–Crippen MR) is 88.3 cm³/mol. The van der Waals surface area contributed by atoms with E-state index < -0.39 is 15.3 Å². The molecule has 0 heterocycles. The smallest absolute Gasteiger partial charge is 0.276 e.